The quantitative estimate of drug-likeness (QED) is 0.476. The minimum atomic E-state index is -0.539. The van der Waals surface area contributed by atoms with Crippen molar-refractivity contribution < 1.29 is 13.6 Å². The largest absolute Gasteiger partial charge is 0.343 e. The Labute approximate surface area is 180 Å². The predicted molar refractivity (Wildman–Crippen MR) is 113 cm³/mol. The molecule has 4 aromatic rings. The highest BCUT2D eigenvalue weighted by atomic mass is 35.5. The molecule has 0 saturated heterocycles. The fraction of sp³-hybridized carbons (Fsp3) is 0.136. The third-order valence-electron chi connectivity index (χ3n) is 5.45. The zero-order valence-electron chi connectivity index (χ0n) is 16.2. The van der Waals surface area contributed by atoms with Gasteiger partial charge < -0.3 is 9.88 Å². The number of aromatic nitrogens is 4. The van der Waals surface area contributed by atoms with Gasteiger partial charge in [0, 0.05) is 40.7 Å². The van der Waals surface area contributed by atoms with E-state index in [9.17, 15) is 13.6 Å². The monoisotopic (exact) mass is 439 g/mol. The average Bonchev–Trinajstić information content (AvgIpc) is 3.33. The van der Waals surface area contributed by atoms with Crippen LogP contribution in [0.1, 0.15) is 5.69 Å². The standard InChI is InChI=1S/C22H16ClF2N5O/c1-2-18(31)29-7-8-30-17(11-29)20(14-5-6-26-22-19(14)16(25)10-27-22)21(28-30)13-4-3-12(23)9-15(13)24/h2-6,9-10H,1,7-8,11H2,(H,26,27). The van der Waals surface area contributed by atoms with Crippen molar-refractivity contribution in [1.29, 1.82) is 0 Å². The van der Waals surface area contributed by atoms with Crippen LogP contribution in [-0.2, 0) is 17.9 Å². The molecular weight excluding hydrogens is 424 g/mol. The number of hydrogen-bond donors (Lipinski definition) is 1. The second kappa shape index (κ2) is 7.31. The fourth-order valence-electron chi connectivity index (χ4n) is 4.01. The van der Waals surface area contributed by atoms with Gasteiger partial charge in [-0.2, -0.15) is 5.10 Å². The van der Waals surface area contributed by atoms with Crippen LogP contribution < -0.4 is 0 Å². The molecule has 1 aromatic carbocycles. The van der Waals surface area contributed by atoms with Crippen LogP contribution in [0.2, 0.25) is 5.02 Å². The van der Waals surface area contributed by atoms with Crippen LogP contribution in [0, 0.1) is 11.6 Å². The Hall–Kier alpha value is -3.52. The maximum atomic E-state index is 14.9. The number of nitrogens with one attached hydrogen (secondary N) is 1. The zero-order chi connectivity index (χ0) is 21.7. The second-order valence-electron chi connectivity index (χ2n) is 7.20. The molecule has 0 fully saturated rings. The van der Waals surface area contributed by atoms with E-state index in [0.717, 1.165) is 0 Å². The Balaban J connectivity index is 1.81. The Bertz CT molecular complexity index is 1360. The van der Waals surface area contributed by atoms with E-state index in [0.29, 0.717) is 41.3 Å². The predicted octanol–water partition coefficient (Wildman–Crippen LogP) is 4.55. The highest BCUT2D eigenvalue weighted by Crippen LogP contribution is 2.41. The van der Waals surface area contributed by atoms with E-state index < -0.39 is 11.6 Å². The van der Waals surface area contributed by atoms with Gasteiger partial charge in [-0.05, 0) is 30.3 Å². The molecular formula is C22H16ClF2N5O. The number of amides is 1. The molecule has 0 aliphatic carbocycles. The van der Waals surface area contributed by atoms with Crippen molar-refractivity contribution in [2.75, 3.05) is 6.54 Å². The number of halogens is 3. The molecule has 6 nitrogen and oxygen atoms in total. The summed E-state index contributed by atoms with van der Waals surface area (Å²) >= 11 is 5.94. The van der Waals surface area contributed by atoms with Crippen LogP contribution in [-0.4, -0.2) is 37.1 Å². The first kappa shape index (κ1) is 19.4. The Morgan fingerprint density at radius 1 is 1.19 bits per heavy atom. The van der Waals surface area contributed by atoms with Gasteiger partial charge in [-0.3, -0.25) is 9.48 Å². The molecule has 0 saturated carbocycles. The molecule has 1 N–H and O–H groups in total. The molecule has 4 heterocycles. The molecule has 1 amide bonds. The lowest BCUT2D eigenvalue weighted by molar-refractivity contribution is -0.127. The SMILES string of the molecule is C=CC(=O)N1CCn2nc(-c3ccc(Cl)cc3F)c(-c3ccnc4[nH]cc(F)c34)c2C1. The van der Waals surface area contributed by atoms with E-state index >= 15 is 0 Å². The summed E-state index contributed by atoms with van der Waals surface area (Å²) in [5.74, 6) is -1.23. The lowest BCUT2D eigenvalue weighted by Crippen LogP contribution is -2.37. The molecule has 9 heteroatoms. The van der Waals surface area contributed by atoms with Gasteiger partial charge >= 0.3 is 0 Å². The summed E-state index contributed by atoms with van der Waals surface area (Å²) in [6.07, 6.45) is 4.03. The molecule has 1 aliphatic heterocycles. The first-order chi connectivity index (χ1) is 15.0. The summed E-state index contributed by atoms with van der Waals surface area (Å²) in [5.41, 5.74) is 2.70. The van der Waals surface area contributed by atoms with Crippen LogP contribution in [0.25, 0.3) is 33.4 Å². The van der Waals surface area contributed by atoms with Crippen LogP contribution >= 0.6 is 11.6 Å². The van der Waals surface area contributed by atoms with Crippen LogP contribution in [0.5, 0.6) is 0 Å². The van der Waals surface area contributed by atoms with Crippen molar-refractivity contribution >= 4 is 28.5 Å². The van der Waals surface area contributed by atoms with Gasteiger partial charge in [-0.15, -0.1) is 0 Å². The van der Waals surface area contributed by atoms with Gasteiger partial charge in [-0.1, -0.05) is 18.2 Å². The van der Waals surface area contributed by atoms with E-state index in [1.54, 1.807) is 34.0 Å². The topological polar surface area (TPSA) is 66.8 Å². The number of nitrogens with zero attached hydrogens (tertiary/aromatic N) is 4. The van der Waals surface area contributed by atoms with Gasteiger partial charge in [0.2, 0.25) is 5.91 Å². The van der Waals surface area contributed by atoms with E-state index in [1.807, 2.05) is 0 Å². The van der Waals surface area contributed by atoms with Crippen LogP contribution in [0.15, 0.2) is 49.3 Å². The third-order valence-corrected chi connectivity index (χ3v) is 5.68. The van der Waals surface area contributed by atoms with Gasteiger partial charge in [0.15, 0.2) is 5.82 Å². The highest BCUT2D eigenvalue weighted by molar-refractivity contribution is 6.30. The van der Waals surface area contributed by atoms with E-state index in [1.165, 1.54) is 18.3 Å². The van der Waals surface area contributed by atoms with Crippen molar-refractivity contribution in [2.24, 2.45) is 0 Å². The molecule has 1 aliphatic rings. The minimum Gasteiger partial charge on any atom is -0.343 e. The van der Waals surface area contributed by atoms with Crippen molar-refractivity contribution in [1.82, 2.24) is 24.6 Å². The molecule has 5 rings (SSSR count). The lowest BCUT2D eigenvalue weighted by Gasteiger charge is -2.27. The zero-order valence-corrected chi connectivity index (χ0v) is 17.0. The molecule has 0 unspecified atom stereocenters. The van der Waals surface area contributed by atoms with Crippen LogP contribution in [0.4, 0.5) is 8.78 Å². The van der Waals surface area contributed by atoms with Crippen molar-refractivity contribution in [3.8, 4) is 22.4 Å². The minimum absolute atomic E-state index is 0.217. The Morgan fingerprint density at radius 3 is 2.81 bits per heavy atom. The van der Waals surface area contributed by atoms with Gasteiger partial charge in [0.25, 0.3) is 0 Å². The number of benzene rings is 1. The Morgan fingerprint density at radius 2 is 2.03 bits per heavy atom. The molecule has 3 aromatic heterocycles. The first-order valence-electron chi connectivity index (χ1n) is 9.56. The lowest BCUT2D eigenvalue weighted by atomic mass is 9.96. The van der Waals surface area contributed by atoms with Gasteiger partial charge in [0.05, 0.1) is 24.2 Å². The number of pyridine rings is 1. The number of carbonyl (C=O) groups excluding carboxylic acids is 1. The summed E-state index contributed by atoms with van der Waals surface area (Å²) in [7, 11) is 0. The van der Waals surface area contributed by atoms with Gasteiger partial charge in [0.1, 0.15) is 17.2 Å². The molecule has 0 spiro atoms. The second-order valence-corrected chi connectivity index (χ2v) is 7.64. The number of H-pyrrole nitrogens is 1. The molecule has 156 valence electrons. The van der Waals surface area contributed by atoms with Crippen molar-refractivity contribution in [3.05, 3.63) is 71.7 Å². The smallest absolute Gasteiger partial charge is 0.246 e. The number of fused-ring (bicyclic) bond motifs is 2. The molecule has 0 radical (unpaired) electrons. The van der Waals surface area contributed by atoms with Crippen molar-refractivity contribution in [2.45, 2.75) is 13.1 Å². The maximum absolute atomic E-state index is 14.9. The number of aromatic amines is 1. The third kappa shape index (κ3) is 3.11. The summed E-state index contributed by atoms with van der Waals surface area (Å²) in [6, 6.07) is 6.01. The highest BCUT2D eigenvalue weighted by Gasteiger charge is 2.29. The molecule has 0 bridgehead atoms. The number of carbonyl (C=O) groups is 1. The van der Waals surface area contributed by atoms with Crippen LogP contribution in [0.3, 0.4) is 0 Å². The van der Waals surface area contributed by atoms with Crippen molar-refractivity contribution in [3.63, 3.8) is 0 Å². The first-order valence-corrected chi connectivity index (χ1v) is 9.94. The number of hydrogen-bond acceptors (Lipinski definition) is 3. The fourth-order valence-corrected chi connectivity index (χ4v) is 4.17. The summed E-state index contributed by atoms with van der Waals surface area (Å²) in [4.78, 5) is 20.9. The van der Waals surface area contributed by atoms with Gasteiger partial charge in [-0.25, -0.2) is 13.8 Å². The number of rotatable bonds is 3. The molecule has 0 atom stereocenters. The molecule has 31 heavy (non-hydrogen) atoms. The Kier molecular flexibility index (Phi) is 4.59. The maximum Gasteiger partial charge on any atom is 0.246 e. The summed E-state index contributed by atoms with van der Waals surface area (Å²) < 4.78 is 31.3. The summed E-state index contributed by atoms with van der Waals surface area (Å²) in [6.45, 7) is 4.64. The van der Waals surface area contributed by atoms with E-state index in [-0.39, 0.29) is 28.4 Å². The summed E-state index contributed by atoms with van der Waals surface area (Å²) in [5, 5.41) is 5.19. The normalized spacial score (nSPS) is 13.5. The van der Waals surface area contributed by atoms with E-state index in [2.05, 4.69) is 21.6 Å². The average molecular weight is 440 g/mol. The van der Waals surface area contributed by atoms with E-state index in [4.69, 9.17) is 11.6 Å².